The second-order valence-corrected chi connectivity index (χ2v) is 7.43. The number of aromatic nitrogens is 2. The first-order valence-electron chi connectivity index (χ1n) is 8.00. The van der Waals surface area contributed by atoms with Crippen LogP contribution in [0.1, 0.15) is 45.2 Å². The molecule has 0 radical (unpaired) electrons. The van der Waals surface area contributed by atoms with Crippen molar-refractivity contribution in [1.82, 2.24) is 9.38 Å². The molecule has 3 unspecified atom stereocenters. The number of hydrogen-bond donors (Lipinski definition) is 1. The van der Waals surface area contributed by atoms with Crippen molar-refractivity contribution in [3.8, 4) is 0 Å². The van der Waals surface area contributed by atoms with Gasteiger partial charge in [0.05, 0.1) is 5.69 Å². The van der Waals surface area contributed by atoms with E-state index in [2.05, 4.69) is 41.8 Å². The molecule has 2 N–H and O–H groups in total. The van der Waals surface area contributed by atoms with Gasteiger partial charge in [-0.2, -0.15) is 0 Å². The molecule has 1 aliphatic rings. The molecule has 1 aliphatic carbocycles. The van der Waals surface area contributed by atoms with E-state index < -0.39 is 0 Å². The molecule has 2 heterocycles. The zero-order valence-electron chi connectivity index (χ0n) is 13.2. The minimum Gasteiger partial charge on any atom is -0.355 e. The van der Waals surface area contributed by atoms with Gasteiger partial charge in [-0.25, -0.2) is 4.98 Å². The maximum Gasteiger partial charge on any atom is 0.195 e. The first kappa shape index (κ1) is 14.9. The van der Waals surface area contributed by atoms with Crippen LogP contribution in [0.25, 0.3) is 4.96 Å². The van der Waals surface area contributed by atoms with Gasteiger partial charge in [0.15, 0.2) is 10.8 Å². The fourth-order valence-corrected chi connectivity index (χ4v) is 4.36. The summed E-state index contributed by atoms with van der Waals surface area (Å²) in [7, 11) is 2.21. The first-order valence-corrected chi connectivity index (χ1v) is 8.88. The summed E-state index contributed by atoms with van der Waals surface area (Å²) in [5.74, 6) is 1.88. The monoisotopic (exact) mass is 306 g/mol. The standard InChI is InChI=1S/C16H26N4S/c1-11-6-4-5-7-13(11)19(3)15-14(10-12(2)17)20-8-9-21-16(20)18-15/h8-9,11-13H,4-7,10,17H2,1-3H3. The molecule has 3 rings (SSSR count). The molecule has 116 valence electrons. The molecule has 0 aliphatic heterocycles. The van der Waals surface area contributed by atoms with Crippen molar-refractivity contribution >= 4 is 22.1 Å². The lowest BCUT2D eigenvalue weighted by molar-refractivity contribution is 0.320. The van der Waals surface area contributed by atoms with E-state index >= 15 is 0 Å². The van der Waals surface area contributed by atoms with Crippen LogP contribution < -0.4 is 10.6 Å². The molecule has 4 nitrogen and oxygen atoms in total. The van der Waals surface area contributed by atoms with E-state index in [1.54, 1.807) is 11.3 Å². The van der Waals surface area contributed by atoms with Crippen LogP contribution in [0.2, 0.25) is 0 Å². The molecule has 0 aromatic carbocycles. The SMILES string of the molecule is CC(N)Cc1c(N(C)C2CCCCC2C)nc2sccn12. The Morgan fingerprint density at radius 1 is 1.48 bits per heavy atom. The zero-order chi connectivity index (χ0) is 15.0. The number of thiazole rings is 1. The van der Waals surface area contributed by atoms with Gasteiger partial charge in [0.2, 0.25) is 0 Å². The minimum atomic E-state index is 0.153. The summed E-state index contributed by atoms with van der Waals surface area (Å²) in [5.41, 5.74) is 7.33. The highest BCUT2D eigenvalue weighted by Crippen LogP contribution is 2.33. The highest BCUT2D eigenvalue weighted by atomic mass is 32.1. The molecule has 0 saturated heterocycles. The summed E-state index contributed by atoms with van der Waals surface area (Å²) >= 11 is 1.70. The topological polar surface area (TPSA) is 46.6 Å². The number of nitrogens with zero attached hydrogens (tertiary/aromatic N) is 3. The molecule has 2 aromatic rings. The van der Waals surface area contributed by atoms with Crippen molar-refractivity contribution in [2.45, 2.75) is 58.0 Å². The lowest BCUT2D eigenvalue weighted by Crippen LogP contribution is -2.40. The van der Waals surface area contributed by atoms with Crippen LogP contribution in [0.4, 0.5) is 5.82 Å². The largest absolute Gasteiger partial charge is 0.355 e. The third-order valence-corrected chi connectivity index (χ3v) is 5.51. The van der Waals surface area contributed by atoms with Crippen molar-refractivity contribution in [2.75, 3.05) is 11.9 Å². The summed E-state index contributed by atoms with van der Waals surface area (Å²) < 4.78 is 2.22. The molecule has 2 aromatic heterocycles. The van der Waals surface area contributed by atoms with Gasteiger partial charge in [0, 0.05) is 37.1 Å². The normalized spacial score (nSPS) is 24.4. The van der Waals surface area contributed by atoms with E-state index in [0.717, 1.165) is 23.1 Å². The van der Waals surface area contributed by atoms with E-state index in [0.29, 0.717) is 6.04 Å². The number of hydrogen-bond acceptors (Lipinski definition) is 4. The molecular formula is C16H26N4S. The number of fused-ring (bicyclic) bond motifs is 1. The molecule has 5 heteroatoms. The Hall–Kier alpha value is -1.07. The first-order chi connectivity index (χ1) is 10.1. The van der Waals surface area contributed by atoms with Gasteiger partial charge in [-0.15, -0.1) is 11.3 Å². The summed E-state index contributed by atoms with van der Waals surface area (Å²) in [6.45, 7) is 4.45. The fraction of sp³-hybridized carbons (Fsp3) is 0.688. The number of anilines is 1. The van der Waals surface area contributed by atoms with Crippen LogP contribution in [0, 0.1) is 5.92 Å². The van der Waals surface area contributed by atoms with E-state index in [1.165, 1.54) is 31.4 Å². The lowest BCUT2D eigenvalue weighted by atomic mass is 9.85. The second kappa shape index (κ2) is 5.97. The van der Waals surface area contributed by atoms with Crippen LogP contribution >= 0.6 is 11.3 Å². The molecular weight excluding hydrogens is 280 g/mol. The van der Waals surface area contributed by atoms with E-state index in [-0.39, 0.29) is 6.04 Å². The van der Waals surface area contributed by atoms with Gasteiger partial charge in [0.25, 0.3) is 0 Å². The van der Waals surface area contributed by atoms with Crippen molar-refractivity contribution in [1.29, 1.82) is 0 Å². The quantitative estimate of drug-likeness (QED) is 0.942. The maximum atomic E-state index is 6.06. The zero-order valence-corrected chi connectivity index (χ0v) is 14.1. The number of rotatable bonds is 4. The van der Waals surface area contributed by atoms with Crippen LogP contribution in [0.3, 0.4) is 0 Å². The number of nitrogens with two attached hydrogens (primary N) is 1. The summed E-state index contributed by atoms with van der Waals surface area (Å²) in [6, 6.07) is 0.760. The molecule has 3 atom stereocenters. The Kier molecular flexibility index (Phi) is 4.22. The summed E-state index contributed by atoms with van der Waals surface area (Å²) in [5, 5.41) is 2.10. The minimum absolute atomic E-state index is 0.153. The Morgan fingerprint density at radius 3 is 2.95 bits per heavy atom. The maximum absolute atomic E-state index is 6.06. The summed E-state index contributed by atoms with van der Waals surface area (Å²) in [6.07, 6.45) is 8.31. The second-order valence-electron chi connectivity index (χ2n) is 6.56. The van der Waals surface area contributed by atoms with Crippen molar-refractivity contribution in [3.63, 3.8) is 0 Å². The fourth-order valence-electron chi connectivity index (χ4n) is 3.63. The Labute approximate surface area is 131 Å². The molecule has 0 spiro atoms. The Bertz CT molecular complexity index is 600. The Morgan fingerprint density at radius 2 is 2.24 bits per heavy atom. The third kappa shape index (κ3) is 2.81. The average Bonchev–Trinajstić information content (AvgIpc) is 3.01. The molecule has 0 bridgehead atoms. The molecule has 21 heavy (non-hydrogen) atoms. The van der Waals surface area contributed by atoms with Crippen LogP contribution in [0.15, 0.2) is 11.6 Å². The van der Waals surface area contributed by atoms with E-state index in [1.807, 2.05) is 0 Å². The van der Waals surface area contributed by atoms with Crippen LogP contribution in [-0.4, -0.2) is 28.5 Å². The summed E-state index contributed by atoms with van der Waals surface area (Å²) in [4.78, 5) is 8.38. The highest BCUT2D eigenvalue weighted by molar-refractivity contribution is 7.15. The van der Waals surface area contributed by atoms with Gasteiger partial charge in [-0.05, 0) is 25.7 Å². The van der Waals surface area contributed by atoms with Crippen molar-refractivity contribution in [3.05, 3.63) is 17.3 Å². The van der Waals surface area contributed by atoms with E-state index in [9.17, 15) is 0 Å². The predicted molar refractivity (Wildman–Crippen MR) is 90.2 cm³/mol. The lowest BCUT2D eigenvalue weighted by Gasteiger charge is -2.37. The molecule has 1 fully saturated rings. The van der Waals surface area contributed by atoms with Crippen molar-refractivity contribution < 1.29 is 0 Å². The number of imidazole rings is 1. The smallest absolute Gasteiger partial charge is 0.195 e. The van der Waals surface area contributed by atoms with Gasteiger partial charge in [-0.1, -0.05) is 19.8 Å². The van der Waals surface area contributed by atoms with Crippen LogP contribution in [-0.2, 0) is 6.42 Å². The van der Waals surface area contributed by atoms with E-state index in [4.69, 9.17) is 10.7 Å². The van der Waals surface area contributed by atoms with Gasteiger partial charge < -0.3 is 10.6 Å². The van der Waals surface area contributed by atoms with Gasteiger partial charge in [0.1, 0.15) is 0 Å². The van der Waals surface area contributed by atoms with Gasteiger partial charge >= 0.3 is 0 Å². The highest BCUT2D eigenvalue weighted by Gasteiger charge is 2.28. The predicted octanol–water partition coefficient (Wildman–Crippen LogP) is 3.30. The van der Waals surface area contributed by atoms with Gasteiger partial charge in [-0.3, -0.25) is 4.40 Å². The Balaban J connectivity index is 1.96. The molecule has 1 saturated carbocycles. The van der Waals surface area contributed by atoms with Crippen molar-refractivity contribution in [2.24, 2.45) is 11.7 Å². The van der Waals surface area contributed by atoms with Crippen LogP contribution in [0.5, 0.6) is 0 Å². The average molecular weight is 306 g/mol. The molecule has 0 amide bonds. The third-order valence-electron chi connectivity index (χ3n) is 4.75.